The molecule has 23 heavy (non-hydrogen) atoms. The van der Waals surface area contributed by atoms with Crippen molar-refractivity contribution in [1.29, 1.82) is 0 Å². The highest BCUT2D eigenvalue weighted by Gasteiger charge is 2.16. The van der Waals surface area contributed by atoms with E-state index in [0.717, 1.165) is 6.42 Å². The van der Waals surface area contributed by atoms with Gasteiger partial charge in [-0.15, -0.1) is 0 Å². The van der Waals surface area contributed by atoms with Crippen LogP contribution in [-0.2, 0) is 6.42 Å². The third-order valence-corrected chi connectivity index (χ3v) is 3.89. The smallest absolute Gasteiger partial charge is 0.00134 e. The first-order chi connectivity index (χ1) is 11.2. The van der Waals surface area contributed by atoms with Gasteiger partial charge < -0.3 is 0 Å². The van der Waals surface area contributed by atoms with Gasteiger partial charge in [-0.25, -0.2) is 0 Å². The first-order valence-electron chi connectivity index (χ1n) is 8.43. The second-order valence-corrected chi connectivity index (χ2v) is 5.65. The molecule has 0 saturated heterocycles. The molecule has 0 radical (unpaired) electrons. The van der Waals surface area contributed by atoms with Crippen LogP contribution in [0, 0.1) is 13.8 Å². The monoisotopic (exact) mass is 302 g/mol. The molecule has 0 bridgehead atoms. The number of hydrogen-bond donors (Lipinski definition) is 0. The van der Waals surface area contributed by atoms with Gasteiger partial charge in [0.1, 0.15) is 0 Å². The average Bonchev–Trinajstić information content (AvgIpc) is 2.95. The fraction of sp³-hybridized carbons (Fsp3) is 0.217. The van der Waals surface area contributed by atoms with Crippen molar-refractivity contribution in [3.8, 4) is 11.1 Å². The van der Waals surface area contributed by atoms with Gasteiger partial charge in [0.25, 0.3) is 0 Å². The SMILES string of the molecule is CC.Cc1ccc2c(c1)Cc1ccccc1-2.Cc1ccccc1. The molecule has 0 heterocycles. The van der Waals surface area contributed by atoms with Crippen LogP contribution in [0.1, 0.15) is 36.1 Å². The largest absolute Gasteiger partial charge is 0.0683 e. The Balaban J connectivity index is 0.000000181. The van der Waals surface area contributed by atoms with Gasteiger partial charge in [0.05, 0.1) is 0 Å². The minimum absolute atomic E-state index is 1.10. The Bertz CT molecular complexity index is 739. The van der Waals surface area contributed by atoms with Crippen LogP contribution >= 0.6 is 0 Å². The first-order valence-corrected chi connectivity index (χ1v) is 8.43. The molecule has 3 aromatic rings. The molecule has 1 aliphatic rings. The van der Waals surface area contributed by atoms with Crippen molar-refractivity contribution in [1.82, 2.24) is 0 Å². The molecule has 0 saturated carbocycles. The summed E-state index contributed by atoms with van der Waals surface area (Å²) < 4.78 is 0. The van der Waals surface area contributed by atoms with Crippen LogP contribution < -0.4 is 0 Å². The standard InChI is InChI=1S/C14H12.C7H8.C2H6/c1-10-6-7-14-12(8-10)9-11-4-2-3-5-13(11)14;1-7-5-3-2-4-6-7;1-2/h2-8H,9H2,1H3;2-6H,1H3;1-2H3. The maximum atomic E-state index is 2.30. The highest BCUT2D eigenvalue weighted by molar-refractivity contribution is 5.76. The quantitative estimate of drug-likeness (QED) is 0.344. The Kier molecular flexibility index (Phi) is 6.17. The van der Waals surface area contributed by atoms with E-state index >= 15 is 0 Å². The van der Waals surface area contributed by atoms with Crippen molar-refractivity contribution in [3.05, 3.63) is 95.1 Å². The van der Waals surface area contributed by atoms with Crippen LogP contribution in [0.2, 0.25) is 0 Å². The minimum Gasteiger partial charge on any atom is -0.0683 e. The summed E-state index contributed by atoms with van der Waals surface area (Å²) in [6.07, 6.45) is 1.10. The van der Waals surface area contributed by atoms with E-state index in [4.69, 9.17) is 0 Å². The van der Waals surface area contributed by atoms with Gasteiger partial charge in [0.15, 0.2) is 0 Å². The molecule has 0 heteroatoms. The molecular formula is C23H26. The zero-order valence-corrected chi connectivity index (χ0v) is 14.6. The molecular weight excluding hydrogens is 276 g/mol. The van der Waals surface area contributed by atoms with Gasteiger partial charge in [-0.05, 0) is 42.5 Å². The topological polar surface area (TPSA) is 0 Å². The maximum absolute atomic E-state index is 2.30. The molecule has 118 valence electrons. The summed E-state index contributed by atoms with van der Waals surface area (Å²) in [7, 11) is 0. The summed E-state index contributed by atoms with van der Waals surface area (Å²) in [6.45, 7) is 8.24. The number of aryl methyl sites for hydroxylation is 2. The Morgan fingerprint density at radius 2 is 1.17 bits per heavy atom. The second-order valence-electron chi connectivity index (χ2n) is 5.65. The first kappa shape index (κ1) is 17.0. The molecule has 0 aliphatic heterocycles. The number of fused-ring (bicyclic) bond motifs is 3. The van der Waals surface area contributed by atoms with E-state index < -0.39 is 0 Å². The second kappa shape index (κ2) is 8.33. The Morgan fingerprint density at radius 1 is 0.565 bits per heavy atom. The molecule has 0 unspecified atom stereocenters. The van der Waals surface area contributed by atoms with E-state index in [1.54, 1.807) is 0 Å². The van der Waals surface area contributed by atoms with Crippen LogP contribution in [0.15, 0.2) is 72.8 Å². The van der Waals surface area contributed by atoms with Crippen LogP contribution in [0.5, 0.6) is 0 Å². The predicted octanol–water partition coefficient (Wildman–Crippen LogP) is 6.59. The summed E-state index contributed by atoms with van der Waals surface area (Å²) >= 11 is 0. The predicted molar refractivity (Wildman–Crippen MR) is 102 cm³/mol. The molecule has 0 nitrogen and oxygen atoms in total. The third-order valence-electron chi connectivity index (χ3n) is 3.89. The lowest BCUT2D eigenvalue weighted by Crippen LogP contribution is -1.80. The van der Waals surface area contributed by atoms with Gasteiger partial charge in [-0.2, -0.15) is 0 Å². The van der Waals surface area contributed by atoms with Crippen LogP contribution in [0.3, 0.4) is 0 Å². The van der Waals surface area contributed by atoms with Gasteiger partial charge >= 0.3 is 0 Å². The van der Waals surface area contributed by atoms with Crippen molar-refractivity contribution in [3.63, 3.8) is 0 Å². The van der Waals surface area contributed by atoms with Gasteiger partial charge in [-0.1, -0.05) is 97.8 Å². The summed E-state index contributed by atoms with van der Waals surface area (Å²) in [5, 5.41) is 0. The molecule has 0 aromatic heterocycles. The number of hydrogen-bond acceptors (Lipinski definition) is 0. The van der Waals surface area contributed by atoms with Crippen LogP contribution in [-0.4, -0.2) is 0 Å². The van der Waals surface area contributed by atoms with Gasteiger partial charge in [0.2, 0.25) is 0 Å². The van der Waals surface area contributed by atoms with E-state index in [2.05, 4.69) is 68.4 Å². The molecule has 0 atom stereocenters. The number of rotatable bonds is 0. The molecule has 0 N–H and O–H groups in total. The van der Waals surface area contributed by atoms with Gasteiger partial charge in [0, 0.05) is 0 Å². The molecule has 0 spiro atoms. The zero-order chi connectivity index (χ0) is 16.7. The number of benzene rings is 3. The Hall–Kier alpha value is -2.34. The molecule has 1 aliphatic carbocycles. The van der Waals surface area contributed by atoms with E-state index in [1.807, 2.05) is 32.0 Å². The Morgan fingerprint density at radius 3 is 1.83 bits per heavy atom. The molecule has 4 rings (SSSR count). The Labute approximate surface area is 140 Å². The van der Waals surface area contributed by atoms with Crippen molar-refractivity contribution < 1.29 is 0 Å². The summed E-state index contributed by atoms with van der Waals surface area (Å²) in [5.41, 5.74) is 8.46. The van der Waals surface area contributed by atoms with E-state index in [1.165, 1.54) is 33.4 Å². The van der Waals surface area contributed by atoms with Crippen molar-refractivity contribution in [2.45, 2.75) is 34.1 Å². The fourth-order valence-electron chi connectivity index (χ4n) is 2.81. The lowest BCUT2D eigenvalue weighted by molar-refractivity contribution is 1.25. The van der Waals surface area contributed by atoms with E-state index in [0.29, 0.717) is 0 Å². The van der Waals surface area contributed by atoms with E-state index in [9.17, 15) is 0 Å². The lowest BCUT2D eigenvalue weighted by atomic mass is 10.0. The molecule has 3 aromatic carbocycles. The zero-order valence-electron chi connectivity index (χ0n) is 14.6. The van der Waals surface area contributed by atoms with E-state index in [-0.39, 0.29) is 0 Å². The van der Waals surface area contributed by atoms with Crippen LogP contribution in [0.25, 0.3) is 11.1 Å². The molecule has 0 amide bonds. The highest BCUT2D eigenvalue weighted by atomic mass is 14.2. The van der Waals surface area contributed by atoms with Gasteiger partial charge in [-0.3, -0.25) is 0 Å². The lowest BCUT2D eigenvalue weighted by Gasteiger charge is -2.00. The minimum atomic E-state index is 1.10. The molecule has 0 fully saturated rings. The highest BCUT2D eigenvalue weighted by Crippen LogP contribution is 2.36. The third kappa shape index (κ3) is 4.32. The normalized spacial score (nSPS) is 10.4. The maximum Gasteiger partial charge on any atom is -0.00134 e. The van der Waals surface area contributed by atoms with Crippen molar-refractivity contribution in [2.24, 2.45) is 0 Å². The average molecular weight is 302 g/mol. The summed E-state index contributed by atoms with van der Waals surface area (Å²) in [6, 6.07) is 25.7. The van der Waals surface area contributed by atoms with Crippen molar-refractivity contribution in [2.75, 3.05) is 0 Å². The van der Waals surface area contributed by atoms with Crippen molar-refractivity contribution >= 4 is 0 Å². The fourth-order valence-corrected chi connectivity index (χ4v) is 2.81. The van der Waals surface area contributed by atoms with Crippen LogP contribution in [0.4, 0.5) is 0 Å². The summed E-state index contributed by atoms with van der Waals surface area (Å²) in [5.74, 6) is 0. The summed E-state index contributed by atoms with van der Waals surface area (Å²) in [4.78, 5) is 0.